The summed E-state index contributed by atoms with van der Waals surface area (Å²) in [6.45, 7) is 5.01. The Morgan fingerprint density at radius 1 is 0.885 bits per heavy atom. The predicted molar refractivity (Wildman–Crippen MR) is 99.4 cm³/mol. The van der Waals surface area contributed by atoms with Crippen molar-refractivity contribution in [2.24, 2.45) is 0 Å². The number of nitrogens with two attached hydrogens (primary N) is 1. The third kappa shape index (κ3) is 2.90. The zero-order valence-electron chi connectivity index (χ0n) is 14.6. The summed E-state index contributed by atoms with van der Waals surface area (Å²) in [6, 6.07) is 11.1. The van der Waals surface area contributed by atoms with Crippen molar-refractivity contribution in [2.75, 3.05) is 18.9 Å². The Labute approximate surface area is 151 Å². The summed E-state index contributed by atoms with van der Waals surface area (Å²) in [5, 5.41) is 10.3. The van der Waals surface area contributed by atoms with Crippen LogP contribution in [0.2, 0.25) is 0 Å². The number of phenolic OH excluding ortho intramolecular Hbond substituents is 1. The summed E-state index contributed by atoms with van der Waals surface area (Å²) in [5.41, 5.74) is 10.7. The molecule has 0 unspecified atom stereocenters. The van der Waals surface area contributed by atoms with Crippen LogP contribution in [0.3, 0.4) is 0 Å². The number of phenols is 1. The van der Waals surface area contributed by atoms with Crippen molar-refractivity contribution in [3.63, 3.8) is 0 Å². The summed E-state index contributed by atoms with van der Waals surface area (Å²) < 4.78 is 11.2. The SMILES string of the molecule is Cc1cc(O)c(-c2cc(-c3ccc4c(c3)OCCO4)nc(N)n2)cc1C. The monoisotopic (exact) mass is 349 g/mol. The van der Waals surface area contributed by atoms with E-state index in [0.29, 0.717) is 41.7 Å². The number of ether oxygens (including phenoxy) is 2. The van der Waals surface area contributed by atoms with Gasteiger partial charge < -0.3 is 20.3 Å². The fourth-order valence-electron chi connectivity index (χ4n) is 2.96. The van der Waals surface area contributed by atoms with Gasteiger partial charge in [-0.1, -0.05) is 0 Å². The molecule has 0 aliphatic carbocycles. The Hall–Kier alpha value is -3.28. The van der Waals surface area contributed by atoms with E-state index in [-0.39, 0.29) is 11.7 Å². The van der Waals surface area contributed by atoms with Gasteiger partial charge in [0.1, 0.15) is 19.0 Å². The molecule has 0 fully saturated rings. The van der Waals surface area contributed by atoms with Gasteiger partial charge in [0.05, 0.1) is 11.4 Å². The molecule has 0 saturated carbocycles. The van der Waals surface area contributed by atoms with Crippen LogP contribution < -0.4 is 15.2 Å². The van der Waals surface area contributed by atoms with Crippen LogP contribution in [-0.4, -0.2) is 28.3 Å². The highest BCUT2D eigenvalue weighted by Crippen LogP contribution is 2.36. The third-order valence-electron chi connectivity index (χ3n) is 4.47. The molecule has 6 nitrogen and oxygen atoms in total. The second-order valence-electron chi connectivity index (χ2n) is 6.31. The van der Waals surface area contributed by atoms with Gasteiger partial charge in [-0.2, -0.15) is 0 Å². The molecule has 4 rings (SSSR count). The van der Waals surface area contributed by atoms with Gasteiger partial charge in [-0.05, 0) is 61.4 Å². The highest BCUT2D eigenvalue weighted by Gasteiger charge is 2.15. The summed E-state index contributed by atoms with van der Waals surface area (Å²) >= 11 is 0. The molecule has 2 heterocycles. The first kappa shape index (κ1) is 16.2. The lowest BCUT2D eigenvalue weighted by atomic mass is 10.0. The summed E-state index contributed by atoms with van der Waals surface area (Å²) in [7, 11) is 0. The van der Waals surface area contributed by atoms with Crippen molar-refractivity contribution in [2.45, 2.75) is 13.8 Å². The maximum Gasteiger partial charge on any atom is 0.221 e. The van der Waals surface area contributed by atoms with Gasteiger partial charge >= 0.3 is 0 Å². The van der Waals surface area contributed by atoms with E-state index in [9.17, 15) is 5.11 Å². The van der Waals surface area contributed by atoms with Crippen LogP contribution in [-0.2, 0) is 0 Å². The molecule has 0 bridgehead atoms. The molecule has 0 saturated heterocycles. The van der Waals surface area contributed by atoms with Crippen LogP contribution in [0.15, 0.2) is 36.4 Å². The molecular formula is C20H19N3O3. The summed E-state index contributed by atoms with van der Waals surface area (Å²) in [5.74, 6) is 1.71. The Morgan fingerprint density at radius 2 is 1.58 bits per heavy atom. The van der Waals surface area contributed by atoms with Crippen LogP contribution >= 0.6 is 0 Å². The predicted octanol–water partition coefficient (Wildman–Crippen LogP) is 3.49. The number of aromatic nitrogens is 2. The van der Waals surface area contributed by atoms with Gasteiger partial charge in [0, 0.05) is 11.1 Å². The Bertz CT molecular complexity index is 1000. The van der Waals surface area contributed by atoms with Gasteiger partial charge in [-0.3, -0.25) is 0 Å². The van der Waals surface area contributed by atoms with E-state index in [1.54, 1.807) is 6.07 Å². The molecule has 1 aromatic heterocycles. The summed E-state index contributed by atoms with van der Waals surface area (Å²) in [6.07, 6.45) is 0. The van der Waals surface area contributed by atoms with Crippen molar-refractivity contribution in [3.8, 4) is 39.8 Å². The van der Waals surface area contributed by atoms with Crippen LogP contribution in [0.25, 0.3) is 22.5 Å². The number of anilines is 1. The third-order valence-corrected chi connectivity index (χ3v) is 4.47. The quantitative estimate of drug-likeness (QED) is 0.736. The minimum absolute atomic E-state index is 0.144. The second kappa shape index (κ2) is 6.22. The maximum absolute atomic E-state index is 10.3. The average molecular weight is 349 g/mol. The zero-order chi connectivity index (χ0) is 18.3. The minimum Gasteiger partial charge on any atom is -0.507 e. The summed E-state index contributed by atoms with van der Waals surface area (Å²) in [4.78, 5) is 8.64. The van der Waals surface area contributed by atoms with Gasteiger partial charge in [-0.15, -0.1) is 0 Å². The number of aryl methyl sites for hydroxylation is 2. The molecule has 3 N–H and O–H groups in total. The minimum atomic E-state index is 0.144. The molecule has 6 heteroatoms. The molecule has 1 aliphatic heterocycles. The molecule has 0 atom stereocenters. The van der Waals surface area contributed by atoms with Crippen molar-refractivity contribution < 1.29 is 14.6 Å². The van der Waals surface area contributed by atoms with E-state index < -0.39 is 0 Å². The van der Waals surface area contributed by atoms with Crippen LogP contribution in [0.1, 0.15) is 11.1 Å². The molecule has 0 radical (unpaired) electrons. The molecule has 26 heavy (non-hydrogen) atoms. The Balaban J connectivity index is 1.81. The number of hydrogen-bond donors (Lipinski definition) is 2. The highest BCUT2D eigenvalue weighted by atomic mass is 16.6. The van der Waals surface area contributed by atoms with E-state index in [1.807, 2.05) is 44.2 Å². The van der Waals surface area contributed by atoms with Crippen LogP contribution in [0, 0.1) is 13.8 Å². The molecule has 0 amide bonds. The van der Waals surface area contributed by atoms with Crippen molar-refractivity contribution in [1.29, 1.82) is 0 Å². The smallest absolute Gasteiger partial charge is 0.221 e. The lowest BCUT2D eigenvalue weighted by molar-refractivity contribution is 0.171. The largest absolute Gasteiger partial charge is 0.507 e. The molecule has 1 aliphatic rings. The van der Waals surface area contributed by atoms with Crippen molar-refractivity contribution in [1.82, 2.24) is 9.97 Å². The van der Waals surface area contributed by atoms with E-state index in [4.69, 9.17) is 15.2 Å². The highest BCUT2D eigenvalue weighted by molar-refractivity contribution is 5.74. The fourth-order valence-corrected chi connectivity index (χ4v) is 2.96. The van der Waals surface area contributed by atoms with Gasteiger partial charge in [0.2, 0.25) is 5.95 Å². The first-order valence-electron chi connectivity index (χ1n) is 8.36. The topological polar surface area (TPSA) is 90.5 Å². The van der Waals surface area contributed by atoms with Crippen LogP contribution in [0.5, 0.6) is 17.2 Å². The lowest BCUT2D eigenvalue weighted by Gasteiger charge is -2.19. The van der Waals surface area contributed by atoms with E-state index in [2.05, 4.69) is 9.97 Å². The van der Waals surface area contributed by atoms with E-state index in [1.165, 1.54) is 0 Å². The number of nitrogens with zero attached hydrogens (tertiary/aromatic N) is 2. The number of aromatic hydroxyl groups is 1. The normalized spacial score (nSPS) is 12.8. The number of hydrogen-bond acceptors (Lipinski definition) is 6. The van der Waals surface area contributed by atoms with Crippen molar-refractivity contribution >= 4 is 5.95 Å². The standard InChI is InChI=1S/C20H19N3O3/c1-11-7-14(17(24)8-12(11)2)16-10-15(22-20(21)23-16)13-3-4-18-19(9-13)26-6-5-25-18/h3-4,7-10,24H,5-6H2,1-2H3,(H2,21,22,23). The second-order valence-corrected chi connectivity index (χ2v) is 6.31. The fraction of sp³-hybridized carbons (Fsp3) is 0.200. The number of rotatable bonds is 2. The number of fused-ring (bicyclic) bond motifs is 1. The maximum atomic E-state index is 10.3. The molecular weight excluding hydrogens is 330 g/mol. The number of nitrogen functional groups attached to an aromatic ring is 1. The van der Waals surface area contributed by atoms with Gasteiger partial charge in [0.25, 0.3) is 0 Å². The van der Waals surface area contributed by atoms with Crippen molar-refractivity contribution in [3.05, 3.63) is 47.5 Å². The number of benzene rings is 2. The first-order valence-corrected chi connectivity index (χ1v) is 8.36. The first-order chi connectivity index (χ1) is 12.5. The van der Waals surface area contributed by atoms with Gasteiger partial charge in [0.15, 0.2) is 11.5 Å². The molecule has 3 aromatic rings. The van der Waals surface area contributed by atoms with Gasteiger partial charge in [-0.25, -0.2) is 9.97 Å². The average Bonchev–Trinajstić information content (AvgIpc) is 2.63. The molecule has 132 valence electrons. The van der Waals surface area contributed by atoms with E-state index >= 15 is 0 Å². The van der Waals surface area contributed by atoms with E-state index in [0.717, 1.165) is 16.7 Å². The zero-order valence-corrected chi connectivity index (χ0v) is 14.6. The molecule has 2 aromatic carbocycles. The molecule has 0 spiro atoms. The Morgan fingerprint density at radius 3 is 2.38 bits per heavy atom. The lowest BCUT2D eigenvalue weighted by Crippen LogP contribution is -2.15. The van der Waals surface area contributed by atoms with Crippen LogP contribution in [0.4, 0.5) is 5.95 Å². The Kier molecular flexibility index (Phi) is 3.88.